The third-order valence-corrected chi connectivity index (χ3v) is 1.17. The number of fused-ring (bicyclic) bond motifs is 1. The van der Waals surface area contributed by atoms with E-state index in [2.05, 4.69) is 9.15 Å². The van der Waals surface area contributed by atoms with E-state index in [1.54, 1.807) is 18.2 Å². The highest BCUT2D eigenvalue weighted by atomic mass is 17.0. The molecule has 3 nitrogen and oxygen atoms in total. The van der Waals surface area contributed by atoms with E-state index in [1.165, 1.54) is 0 Å². The number of hydrogen-bond donors (Lipinski definition) is 1. The van der Waals surface area contributed by atoms with Gasteiger partial charge in [0.15, 0.2) is 5.75 Å². The lowest BCUT2D eigenvalue weighted by atomic mass is 10.3. The molecule has 2 rings (SSSR count). The fourth-order valence-corrected chi connectivity index (χ4v) is 0.706. The van der Waals surface area contributed by atoms with Gasteiger partial charge in [-0.3, -0.25) is 9.15 Å². The minimum atomic E-state index is 0.124. The molecule has 0 fully saturated rings. The van der Waals surface area contributed by atoms with Crippen molar-refractivity contribution in [2.75, 3.05) is 0 Å². The van der Waals surface area contributed by atoms with Crippen molar-refractivity contribution in [2.24, 2.45) is 0 Å². The van der Waals surface area contributed by atoms with Crippen LogP contribution in [0.1, 0.15) is 0 Å². The van der Waals surface area contributed by atoms with Gasteiger partial charge < -0.3 is 5.11 Å². The number of para-hydroxylation sites is 1. The molecule has 0 atom stereocenters. The Morgan fingerprint density at radius 1 is 1.22 bits per heavy atom. The van der Waals surface area contributed by atoms with Crippen LogP contribution in [-0.4, -0.2) is 5.11 Å². The fourth-order valence-electron chi connectivity index (χ4n) is 0.706. The normalized spacial score (nSPS) is 10.7. The first-order valence-electron chi connectivity index (χ1n) is 2.54. The predicted molar refractivity (Wildman–Crippen MR) is 30.1 cm³/mol. The maximum Gasteiger partial charge on any atom is 0.267 e. The molecule has 3 heteroatoms. The minimum Gasteiger partial charge on any atom is -0.504 e. The zero-order valence-corrected chi connectivity index (χ0v) is 4.50. The smallest absolute Gasteiger partial charge is 0.267 e. The van der Waals surface area contributed by atoms with Crippen LogP contribution in [0.5, 0.6) is 5.75 Å². The quantitative estimate of drug-likeness (QED) is 0.544. The Balaban J connectivity index is 2.86. The Hall–Kier alpha value is -1.38. The van der Waals surface area contributed by atoms with Crippen molar-refractivity contribution in [1.29, 1.82) is 0 Å². The molecule has 0 aliphatic carbocycles. The van der Waals surface area contributed by atoms with Gasteiger partial charge in [-0.2, -0.15) is 0 Å². The molecule has 0 spiro atoms. The maximum absolute atomic E-state index is 8.95. The summed E-state index contributed by atoms with van der Waals surface area (Å²) in [5.41, 5.74) is 1.02. The first-order valence-corrected chi connectivity index (χ1v) is 2.54. The molecule has 0 bridgehead atoms. The highest BCUT2D eigenvalue weighted by Crippen LogP contribution is 2.26. The number of rotatable bonds is 0. The molecule has 2 aromatic rings. The second-order valence-corrected chi connectivity index (χ2v) is 1.77. The third kappa shape index (κ3) is 0.455. The Bertz CT molecular complexity index is 317. The molecule has 0 amide bonds. The molecule has 0 aliphatic heterocycles. The average molecular weight is 124 g/mol. The standard InChI is InChI=1S/C6H4O3/c7-4-2-1-3-5-6(4)9-8-5/h1-3,7H. The van der Waals surface area contributed by atoms with Crippen molar-refractivity contribution >= 4 is 11.2 Å². The largest absolute Gasteiger partial charge is 0.504 e. The number of aromatic hydroxyl groups is 1. The molecular weight excluding hydrogens is 120 g/mol. The lowest BCUT2D eigenvalue weighted by Crippen LogP contribution is -1.74. The molecular formula is C6H4O3. The van der Waals surface area contributed by atoms with Crippen molar-refractivity contribution in [3.8, 4) is 5.75 Å². The SMILES string of the molecule is Oc1cccc2ooc12. The van der Waals surface area contributed by atoms with Crippen LogP contribution in [0.25, 0.3) is 11.2 Å². The van der Waals surface area contributed by atoms with Crippen LogP contribution in [0, 0.1) is 0 Å². The van der Waals surface area contributed by atoms with E-state index in [-0.39, 0.29) is 5.75 Å². The van der Waals surface area contributed by atoms with Gasteiger partial charge in [0.05, 0.1) is 0 Å². The van der Waals surface area contributed by atoms with E-state index < -0.39 is 0 Å². The van der Waals surface area contributed by atoms with E-state index in [9.17, 15) is 0 Å². The van der Waals surface area contributed by atoms with Gasteiger partial charge in [0.1, 0.15) is 0 Å². The second-order valence-electron chi connectivity index (χ2n) is 1.77. The molecule has 1 heterocycles. The van der Waals surface area contributed by atoms with Gasteiger partial charge in [0.25, 0.3) is 5.58 Å². The molecule has 46 valence electrons. The Kier molecular flexibility index (Phi) is 0.656. The molecule has 0 saturated heterocycles. The van der Waals surface area contributed by atoms with Gasteiger partial charge >= 0.3 is 0 Å². The van der Waals surface area contributed by atoms with Crippen molar-refractivity contribution in [2.45, 2.75) is 0 Å². The van der Waals surface area contributed by atoms with Crippen LogP contribution in [0.4, 0.5) is 0 Å². The van der Waals surface area contributed by atoms with E-state index >= 15 is 0 Å². The molecule has 0 aliphatic rings. The summed E-state index contributed by atoms with van der Waals surface area (Å²) in [5.74, 6) is 0.124. The summed E-state index contributed by atoms with van der Waals surface area (Å²) in [7, 11) is 0. The monoisotopic (exact) mass is 124 g/mol. The molecule has 0 radical (unpaired) electrons. The van der Waals surface area contributed by atoms with E-state index in [4.69, 9.17) is 5.11 Å². The number of hydrogen-bond acceptors (Lipinski definition) is 3. The minimum absolute atomic E-state index is 0.124. The third-order valence-electron chi connectivity index (χ3n) is 1.17. The molecule has 0 unspecified atom stereocenters. The van der Waals surface area contributed by atoms with Gasteiger partial charge in [0, 0.05) is 0 Å². The Morgan fingerprint density at radius 3 is 2.56 bits per heavy atom. The first-order chi connectivity index (χ1) is 4.38. The number of benzene rings is 1. The second kappa shape index (κ2) is 1.31. The van der Waals surface area contributed by atoms with Crippen molar-refractivity contribution in [1.82, 2.24) is 0 Å². The molecule has 1 aromatic carbocycles. The van der Waals surface area contributed by atoms with Gasteiger partial charge in [0.2, 0.25) is 5.58 Å². The average Bonchev–Trinajstić information content (AvgIpc) is 1.74. The summed E-state index contributed by atoms with van der Waals surface area (Å²) < 4.78 is 8.95. The summed E-state index contributed by atoms with van der Waals surface area (Å²) in [4.78, 5) is 0. The van der Waals surface area contributed by atoms with Gasteiger partial charge in [-0.25, -0.2) is 0 Å². The molecule has 9 heavy (non-hydrogen) atoms. The van der Waals surface area contributed by atoms with Crippen LogP contribution in [-0.2, 0) is 0 Å². The van der Waals surface area contributed by atoms with E-state index in [1.807, 2.05) is 0 Å². The van der Waals surface area contributed by atoms with E-state index in [0.29, 0.717) is 11.2 Å². The molecule has 1 aromatic heterocycles. The van der Waals surface area contributed by atoms with Crippen molar-refractivity contribution < 1.29 is 14.3 Å². The first kappa shape index (κ1) is 4.49. The summed E-state index contributed by atoms with van der Waals surface area (Å²) in [6, 6.07) is 4.95. The Labute approximate surface area is 50.4 Å². The maximum atomic E-state index is 8.95. The summed E-state index contributed by atoms with van der Waals surface area (Å²) in [6.07, 6.45) is 0. The zero-order valence-electron chi connectivity index (χ0n) is 4.50. The Morgan fingerprint density at radius 2 is 2.11 bits per heavy atom. The van der Waals surface area contributed by atoms with Crippen LogP contribution in [0.15, 0.2) is 27.4 Å². The van der Waals surface area contributed by atoms with Gasteiger partial charge in [-0.15, -0.1) is 0 Å². The fraction of sp³-hybridized carbons (Fsp3) is 0. The molecule has 1 N–H and O–H groups in total. The van der Waals surface area contributed by atoms with Crippen LogP contribution >= 0.6 is 0 Å². The highest BCUT2D eigenvalue weighted by Gasteiger charge is 2.06. The topological polar surface area (TPSA) is 46.5 Å². The van der Waals surface area contributed by atoms with Gasteiger partial charge in [-0.05, 0) is 12.1 Å². The van der Waals surface area contributed by atoms with Crippen LogP contribution in [0.2, 0.25) is 0 Å². The van der Waals surface area contributed by atoms with Crippen LogP contribution in [0.3, 0.4) is 0 Å². The summed E-state index contributed by atoms with van der Waals surface area (Å²) >= 11 is 0. The van der Waals surface area contributed by atoms with Crippen molar-refractivity contribution in [3.63, 3.8) is 0 Å². The lowest BCUT2D eigenvalue weighted by molar-refractivity contribution is 0.0566. The summed E-state index contributed by atoms with van der Waals surface area (Å²) in [5, 5.41) is 8.95. The lowest BCUT2D eigenvalue weighted by Gasteiger charge is -1.97. The summed E-state index contributed by atoms with van der Waals surface area (Å²) in [6.45, 7) is 0. The van der Waals surface area contributed by atoms with Crippen molar-refractivity contribution in [3.05, 3.63) is 18.2 Å². The van der Waals surface area contributed by atoms with Gasteiger partial charge in [-0.1, -0.05) is 6.07 Å². The van der Waals surface area contributed by atoms with Crippen LogP contribution < -0.4 is 0 Å². The predicted octanol–water partition coefficient (Wildman–Crippen LogP) is 1.73. The van der Waals surface area contributed by atoms with E-state index in [0.717, 1.165) is 0 Å². The highest BCUT2D eigenvalue weighted by molar-refractivity contribution is 5.77. The number of phenols is 1. The number of phenolic OH excluding ortho intramolecular Hbond substituents is 1. The zero-order chi connectivity index (χ0) is 6.27. The molecule has 0 saturated carbocycles.